The predicted octanol–water partition coefficient (Wildman–Crippen LogP) is 5.56. The number of nitrogens with zero attached hydrogens (tertiary/aromatic N) is 1. The van der Waals surface area contributed by atoms with Gasteiger partial charge < -0.3 is 19.9 Å². The minimum atomic E-state index is 0.0258. The van der Waals surface area contributed by atoms with Crippen LogP contribution in [-0.4, -0.2) is 49.2 Å². The van der Waals surface area contributed by atoms with E-state index < -0.39 is 0 Å². The molecule has 1 aliphatic rings. The van der Waals surface area contributed by atoms with Crippen LogP contribution < -0.4 is 14.9 Å². The number of thiazole rings is 1. The van der Waals surface area contributed by atoms with Crippen molar-refractivity contribution in [3.63, 3.8) is 0 Å². The van der Waals surface area contributed by atoms with Gasteiger partial charge in [0.1, 0.15) is 5.75 Å². The summed E-state index contributed by atoms with van der Waals surface area (Å²) in [5, 5.41) is 3.59. The average molecular weight is 496 g/mol. The third kappa shape index (κ3) is 7.18. The molecule has 1 unspecified atom stereocenters. The number of ether oxygens (including phenoxy) is 1. The summed E-state index contributed by atoms with van der Waals surface area (Å²) in [6, 6.07) is 13.5. The smallest absolute Gasteiger partial charge is 0.305 e. The number of fused-ring (bicyclic) bond motifs is 2. The summed E-state index contributed by atoms with van der Waals surface area (Å²) in [6.45, 7) is 6.80. The molecule has 0 aliphatic heterocycles. The van der Waals surface area contributed by atoms with Gasteiger partial charge in [0.25, 0.3) is 0 Å². The highest BCUT2D eigenvalue weighted by Gasteiger charge is 2.25. The first kappa shape index (κ1) is 25.9. The molecule has 3 aromatic rings. The first-order valence-electron chi connectivity index (χ1n) is 13.4. The van der Waals surface area contributed by atoms with Crippen LogP contribution in [-0.2, 0) is 19.3 Å². The molecule has 35 heavy (non-hydrogen) atoms. The van der Waals surface area contributed by atoms with Crippen LogP contribution in [0.1, 0.15) is 62.1 Å². The molecule has 0 radical (unpaired) electrons. The van der Waals surface area contributed by atoms with E-state index in [0.29, 0.717) is 6.04 Å². The minimum Gasteiger partial charge on any atom is -0.496 e. The predicted molar refractivity (Wildman–Crippen MR) is 148 cm³/mol. The number of methoxy groups -OCH3 is 1. The van der Waals surface area contributed by atoms with E-state index in [-0.39, 0.29) is 4.87 Å². The van der Waals surface area contributed by atoms with E-state index in [4.69, 9.17) is 4.74 Å². The highest BCUT2D eigenvalue weighted by atomic mass is 32.1. The van der Waals surface area contributed by atoms with Gasteiger partial charge in [-0.3, -0.25) is 4.79 Å². The van der Waals surface area contributed by atoms with Crippen molar-refractivity contribution in [2.45, 2.75) is 70.8 Å². The lowest BCUT2D eigenvalue weighted by molar-refractivity contribution is 0.175. The maximum absolute atomic E-state index is 11.5. The van der Waals surface area contributed by atoms with Gasteiger partial charge in [0.2, 0.25) is 0 Å². The molecule has 0 saturated heterocycles. The van der Waals surface area contributed by atoms with Crippen molar-refractivity contribution in [2.75, 3.05) is 33.3 Å². The Morgan fingerprint density at radius 2 is 2.00 bits per heavy atom. The topological polar surface area (TPSA) is 57.4 Å². The highest BCUT2D eigenvalue weighted by molar-refractivity contribution is 7.16. The van der Waals surface area contributed by atoms with Crippen LogP contribution in [0.25, 0.3) is 10.2 Å². The lowest BCUT2D eigenvalue weighted by atomic mass is 9.86. The van der Waals surface area contributed by atoms with Gasteiger partial charge in [-0.1, -0.05) is 49.3 Å². The van der Waals surface area contributed by atoms with Crippen LogP contribution in [0.3, 0.4) is 0 Å². The molecule has 1 atom stereocenters. The molecular weight excluding hydrogens is 454 g/mol. The van der Waals surface area contributed by atoms with Crippen molar-refractivity contribution in [1.82, 2.24) is 15.2 Å². The fourth-order valence-corrected chi connectivity index (χ4v) is 6.24. The van der Waals surface area contributed by atoms with Gasteiger partial charge in [-0.05, 0) is 106 Å². The Hall–Kier alpha value is -2.15. The molecule has 0 saturated carbocycles. The van der Waals surface area contributed by atoms with E-state index in [2.05, 4.69) is 52.5 Å². The van der Waals surface area contributed by atoms with Crippen LogP contribution >= 0.6 is 11.3 Å². The van der Waals surface area contributed by atoms with Crippen LogP contribution in [0, 0.1) is 0 Å². The van der Waals surface area contributed by atoms with Crippen molar-refractivity contribution < 1.29 is 4.74 Å². The third-order valence-corrected chi connectivity index (χ3v) is 8.13. The van der Waals surface area contributed by atoms with Gasteiger partial charge in [0.05, 0.1) is 17.3 Å². The lowest BCUT2D eigenvalue weighted by Gasteiger charge is -2.35. The van der Waals surface area contributed by atoms with E-state index in [9.17, 15) is 4.79 Å². The van der Waals surface area contributed by atoms with E-state index in [1.807, 2.05) is 6.07 Å². The second-order valence-corrected chi connectivity index (χ2v) is 10.8. The molecular formula is C29H41N3O2S. The summed E-state index contributed by atoms with van der Waals surface area (Å²) < 4.78 is 6.65. The van der Waals surface area contributed by atoms with Gasteiger partial charge in [0.15, 0.2) is 0 Å². The largest absolute Gasteiger partial charge is 0.496 e. The Morgan fingerprint density at radius 3 is 2.86 bits per heavy atom. The van der Waals surface area contributed by atoms with Gasteiger partial charge in [-0.25, -0.2) is 0 Å². The van der Waals surface area contributed by atoms with Crippen molar-refractivity contribution in [3.8, 4) is 5.75 Å². The van der Waals surface area contributed by atoms with E-state index in [1.165, 1.54) is 79.6 Å². The number of H-pyrrole nitrogens is 1. The average Bonchev–Trinajstić information content (AvgIpc) is 3.25. The van der Waals surface area contributed by atoms with Crippen molar-refractivity contribution in [1.29, 1.82) is 0 Å². The zero-order chi connectivity index (χ0) is 24.5. The zero-order valence-corrected chi connectivity index (χ0v) is 22.2. The Labute approximate surface area is 213 Å². The number of aromatic nitrogens is 1. The first-order chi connectivity index (χ1) is 17.2. The Balaban J connectivity index is 1.10. The molecule has 2 N–H and O–H groups in total. The van der Waals surface area contributed by atoms with Crippen molar-refractivity contribution in [2.24, 2.45) is 0 Å². The molecule has 0 spiro atoms. The number of nitrogens with one attached hydrogen (secondary N) is 2. The van der Waals surface area contributed by atoms with E-state index in [0.717, 1.165) is 48.3 Å². The maximum Gasteiger partial charge on any atom is 0.305 e. The van der Waals surface area contributed by atoms with Crippen LogP contribution in [0.15, 0.2) is 41.2 Å². The van der Waals surface area contributed by atoms with Crippen LogP contribution in [0.2, 0.25) is 0 Å². The maximum atomic E-state index is 11.5. The summed E-state index contributed by atoms with van der Waals surface area (Å²) in [4.78, 5) is 17.1. The summed E-state index contributed by atoms with van der Waals surface area (Å²) in [5.41, 5.74) is 5.15. The van der Waals surface area contributed by atoms with E-state index >= 15 is 0 Å². The van der Waals surface area contributed by atoms with Crippen molar-refractivity contribution in [3.05, 3.63) is 62.8 Å². The molecule has 0 bridgehead atoms. The number of hydrogen-bond donors (Lipinski definition) is 2. The fraction of sp³-hybridized carbons (Fsp3) is 0.552. The van der Waals surface area contributed by atoms with Gasteiger partial charge in [-0.15, -0.1) is 0 Å². The SMILES string of the molecule is CCCN(CCCCCCNCCc1ccc2[nH]c(=O)sc2c1)C1CCc2c(cccc2OC)C1. The summed E-state index contributed by atoms with van der Waals surface area (Å²) in [5.74, 6) is 1.07. The molecule has 0 amide bonds. The van der Waals surface area contributed by atoms with Gasteiger partial charge in [-0.2, -0.15) is 0 Å². The van der Waals surface area contributed by atoms with Crippen molar-refractivity contribution >= 4 is 21.6 Å². The number of aromatic amines is 1. The first-order valence-corrected chi connectivity index (χ1v) is 14.2. The highest BCUT2D eigenvalue weighted by Crippen LogP contribution is 2.31. The molecule has 1 aliphatic carbocycles. The lowest BCUT2D eigenvalue weighted by Crippen LogP contribution is -2.40. The number of hydrogen-bond acceptors (Lipinski definition) is 5. The summed E-state index contributed by atoms with van der Waals surface area (Å²) in [7, 11) is 1.79. The second kappa shape index (κ2) is 13.2. The Kier molecular flexibility index (Phi) is 9.81. The van der Waals surface area contributed by atoms with Gasteiger partial charge in [0, 0.05) is 6.04 Å². The van der Waals surface area contributed by atoms with Crippen LogP contribution in [0.5, 0.6) is 5.75 Å². The fourth-order valence-electron chi connectivity index (χ4n) is 5.44. The number of benzene rings is 2. The third-order valence-electron chi connectivity index (χ3n) is 7.29. The number of rotatable bonds is 14. The molecule has 5 nitrogen and oxygen atoms in total. The quantitative estimate of drug-likeness (QED) is 0.288. The summed E-state index contributed by atoms with van der Waals surface area (Å²) >= 11 is 1.29. The summed E-state index contributed by atoms with van der Waals surface area (Å²) in [6.07, 6.45) is 10.9. The molecule has 4 rings (SSSR count). The molecule has 1 heterocycles. The zero-order valence-electron chi connectivity index (χ0n) is 21.4. The molecule has 0 fully saturated rings. The monoisotopic (exact) mass is 495 g/mol. The molecule has 6 heteroatoms. The van der Waals surface area contributed by atoms with Gasteiger partial charge >= 0.3 is 4.87 Å². The molecule has 190 valence electrons. The second-order valence-electron chi connectivity index (χ2n) is 9.79. The normalized spacial score (nSPS) is 15.6. The molecule has 2 aromatic carbocycles. The number of unbranched alkanes of at least 4 members (excludes halogenated alkanes) is 3. The minimum absolute atomic E-state index is 0.0258. The molecule has 1 aromatic heterocycles. The van der Waals surface area contributed by atoms with Crippen LogP contribution in [0.4, 0.5) is 0 Å². The Bertz CT molecular complexity index is 1120. The van der Waals surface area contributed by atoms with E-state index in [1.54, 1.807) is 7.11 Å². The standard InChI is InChI=1S/C29H41N3O2S/c1-3-18-32(24-12-13-25-23(21-24)9-8-10-27(25)34-2)19-7-5-4-6-16-30-17-15-22-11-14-26-28(20-22)35-29(33)31-26/h8-11,14,20,24,30H,3-7,12-13,15-19,21H2,1-2H3,(H,31,33). The Morgan fingerprint density at radius 1 is 1.11 bits per heavy atom.